The number of hydrogen-bond acceptors (Lipinski definition) is 6. The molecule has 0 spiro atoms. The number of hydrogen-bond donors (Lipinski definition) is 1. The van der Waals surface area contributed by atoms with E-state index in [1.165, 1.54) is 0 Å². The lowest BCUT2D eigenvalue weighted by atomic mass is 10.3. The van der Waals surface area contributed by atoms with Gasteiger partial charge in [0.15, 0.2) is 16.4 Å². The van der Waals surface area contributed by atoms with Gasteiger partial charge in [-0.3, -0.25) is 0 Å². The zero-order valence-corrected chi connectivity index (χ0v) is 17.4. The highest BCUT2D eigenvalue weighted by Crippen LogP contribution is 2.20. The van der Waals surface area contributed by atoms with Gasteiger partial charge in [-0.1, -0.05) is 44.5 Å². The van der Waals surface area contributed by atoms with Crippen LogP contribution in [0.2, 0.25) is 10.3 Å². The van der Waals surface area contributed by atoms with Crippen molar-refractivity contribution in [1.29, 1.82) is 0 Å². The minimum Gasteiger partial charge on any atom is -0.223 e. The summed E-state index contributed by atoms with van der Waals surface area (Å²) in [5, 5.41) is 13.5. The van der Waals surface area contributed by atoms with Gasteiger partial charge in [-0.15, -0.1) is 0 Å². The monoisotopic (exact) mass is 457 g/mol. The molecule has 4 aromatic heterocycles. The lowest BCUT2D eigenvalue weighted by Crippen LogP contribution is -2.16. The Balaban J connectivity index is 0.000000207. The van der Waals surface area contributed by atoms with Gasteiger partial charge in [0.1, 0.15) is 5.15 Å². The van der Waals surface area contributed by atoms with Crippen molar-refractivity contribution in [3.05, 3.63) is 52.2 Å². The number of primary sulfonamides is 1. The molecule has 0 aliphatic heterocycles. The molecule has 0 fully saturated rings. The Kier molecular flexibility index (Phi) is 7.17. The van der Waals surface area contributed by atoms with Crippen molar-refractivity contribution in [2.45, 2.75) is 39.1 Å². The molecule has 0 aromatic carbocycles. The zero-order valence-electron chi connectivity index (χ0n) is 15.0. The number of aryl methyl sites for hydroxylation is 2. The number of sulfonamides is 1. The third-order valence-electron chi connectivity index (χ3n) is 3.79. The van der Waals surface area contributed by atoms with Crippen molar-refractivity contribution in [3.8, 4) is 0 Å². The van der Waals surface area contributed by atoms with Gasteiger partial charge in [-0.2, -0.15) is 14.7 Å². The van der Waals surface area contributed by atoms with E-state index in [9.17, 15) is 8.42 Å². The van der Waals surface area contributed by atoms with E-state index >= 15 is 0 Å². The van der Waals surface area contributed by atoms with E-state index in [0.717, 1.165) is 28.0 Å². The van der Waals surface area contributed by atoms with Crippen LogP contribution < -0.4 is 5.14 Å². The van der Waals surface area contributed by atoms with Crippen LogP contribution in [0.5, 0.6) is 0 Å². The quantitative estimate of drug-likeness (QED) is 0.504. The minimum atomic E-state index is -3.94. The maximum Gasteiger partial charge on any atom is 0.258 e. The summed E-state index contributed by atoms with van der Waals surface area (Å²) < 4.78 is 25.5. The first-order chi connectivity index (χ1) is 13.2. The van der Waals surface area contributed by atoms with Crippen LogP contribution in [-0.4, -0.2) is 37.6 Å². The number of aromatic nitrogens is 6. The van der Waals surface area contributed by atoms with E-state index in [2.05, 4.69) is 27.1 Å². The molecule has 0 aliphatic carbocycles. The van der Waals surface area contributed by atoms with Crippen LogP contribution in [0.1, 0.15) is 32.7 Å². The molecule has 156 valence electrons. The lowest BCUT2D eigenvalue weighted by molar-refractivity contribution is 0.589. The number of halogens is 2. The Morgan fingerprint density at radius 3 is 2.14 bits per heavy atom. The molecule has 0 saturated carbocycles. The van der Waals surface area contributed by atoms with E-state index in [-0.39, 0.29) is 17.6 Å². The summed E-state index contributed by atoms with van der Waals surface area (Å²) in [5.74, 6) is 0. The van der Waals surface area contributed by atoms with Gasteiger partial charge < -0.3 is 0 Å². The SMILES string of the molecule is C.CCc1ccc2nc(Cl)c(S(N)(=O)=O)n2n1.CCc1ccc2nc(Cl)cn2n1. The van der Waals surface area contributed by atoms with Crippen LogP contribution in [0.3, 0.4) is 0 Å². The number of nitrogens with zero attached hydrogens (tertiary/aromatic N) is 6. The van der Waals surface area contributed by atoms with Crippen LogP contribution in [0.15, 0.2) is 35.5 Å². The summed E-state index contributed by atoms with van der Waals surface area (Å²) in [6.07, 6.45) is 3.30. The fourth-order valence-corrected chi connectivity index (χ4v) is 3.76. The molecule has 9 nitrogen and oxygen atoms in total. The summed E-state index contributed by atoms with van der Waals surface area (Å²) in [7, 11) is -3.94. The summed E-state index contributed by atoms with van der Waals surface area (Å²) >= 11 is 11.4. The molecule has 0 unspecified atom stereocenters. The highest BCUT2D eigenvalue weighted by Gasteiger charge is 2.21. The molecule has 0 aliphatic rings. The van der Waals surface area contributed by atoms with E-state index in [0.29, 0.717) is 17.2 Å². The molecular formula is C17H21Cl2N7O2S. The number of nitrogens with two attached hydrogens (primary N) is 1. The van der Waals surface area contributed by atoms with E-state index in [1.807, 2.05) is 19.1 Å². The first-order valence-corrected chi connectivity index (χ1v) is 10.6. The standard InChI is InChI=1S/C8H9ClN4O2S.C8H8ClN3.CH4/c1-2-5-3-4-6-11-7(9)8(13(6)12-5)16(10,14)15;1-2-6-3-4-8-10-7(9)5-12(8)11-6;/h3-4H,2H2,1H3,(H2,10,14,15);3-5H,2H2,1H3;1H4. The number of rotatable bonds is 3. The average Bonchev–Trinajstić information content (AvgIpc) is 3.17. The topological polar surface area (TPSA) is 121 Å². The fraction of sp³-hybridized carbons (Fsp3) is 0.294. The average molecular weight is 458 g/mol. The van der Waals surface area contributed by atoms with Crippen molar-refractivity contribution in [1.82, 2.24) is 29.2 Å². The maximum atomic E-state index is 11.3. The van der Waals surface area contributed by atoms with Gasteiger partial charge >= 0.3 is 0 Å². The van der Waals surface area contributed by atoms with Crippen molar-refractivity contribution in [2.75, 3.05) is 0 Å². The zero-order chi connectivity index (χ0) is 20.5. The molecule has 0 atom stereocenters. The second-order valence-corrected chi connectivity index (χ2v) is 7.97. The van der Waals surface area contributed by atoms with Crippen molar-refractivity contribution < 1.29 is 8.42 Å². The molecule has 4 heterocycles. The normalized spacial score (nSPS) is 11.2. The smallest absolute Gasteiger partial charge is 0.223 e. The van der Waals surface area contributed by atoms with Crippen LogP contribution >= 0.6 is 23.2 Å². The second-order valence-electron chi connectivity index (χ2n) is 5.75. The van der Waals surface area contributed by atoms with Crippen molar-refractivity contribution in [3.63, 3.8) is 0 Å². The molecule has 29 heavy (non-hydrogen) atoms. The third-order valence-corrected chi connectivity index (χ3v) is 5.25. The molecule has 0 radical (unpaired) electrons. The van der Waals surface area contributed by atoms with Gasteiger partial charge in [0, 0.05) is 0 Å². The molecule has 0 bridgehead atoms. The molecule has 12 heteroatoms. The Labute approximate surface area is 178 Å². The summed E-state index contributed by atoms with van der Waals surface area (Å²) in [5.41, 5.74) is 2.91. The van der Waals surface area contributed by atoms with Crippen LogP contribution in [0.4, 0.5) is 0 Å². The molecular weight excluding hydrogens is 437 g/mol. The molecule has 4 aromatic rings. The van der Waals surface area contributed by atoms with Crippen molar-refractivity contribution >= 4 is 44.5 Å². The van der Waals surface area contributed by atoms with Gasteiger partial charge in [-0.25, -0.2) is 28.0 Å². The summed E-state index contributed by atoms with van der Waals surface area (Å²) in [4.78, 5) is 7.92. The maximum absolute atomic E-state index is 11.3. The van der Waals surface area contributed by atoms with Crippen LogP contribution in [0, 0.1) is 0 Å². The summed E-state index contributed by atoms with van der Waals surface area (Å²) in [6.45, 7) is 3.97. The largest absolute Gasteiger partial charge is 0.258 e. The minimum absolute atomic E-state index is 0. The highest BCUT2D eigenvalue weighted by atomic mass is 35.5. The third kappa shape index (κ3) is 5.02. The Hall–Kier alpha value is -2.27. The molecule has 0 saturated heterocycles. The van der Waals surface area contributed by atoms with E-state index in [4.69, 9.17) is 28.3 Å². The van der Waals surface area contributed by atoms with Gasteiger partial charge in [0.2, 0.25) is 5.03 Å². The van der Waals surface area contributed by atoms with Crippen molar-refractivity contribution in [2.24, 2.45) is 5.14 Å². The van der Waals surface area contributed by atoms with E-state index in [1.54, 1.807) is 22.8 Å². The predicted octanol–water partition coefficient (Wildman–Crippen LogP) is 3.17. The Morgan fingerprint density at radius 1 is 0.966 bits per heavy atom. The fourth-order valence-electron chi connectivity index (χ4n) is 2.43. The molecule has 0 amide bonds. The number of fused-ring (bicyclic) bond motifs is 2. The first kappa shape index (κ1) is 23.0. The van der Waals surface area contributed by atoms with Gasteiger partial charge in [0.05, 0.1) is 17.6 Å². The van der Waals surface area contributed by atoms with Crippen LogP contribution in [-0.2, 0) is 22.9 Å². The van der Waals surface area contributed by atoms with E-state index < -0.39 is 10.0 Å². The van der Waals surface area contributed by atoms with Gasteiger partial charge in [-0.05, 0) is 37.1 Å². The van der Waals surface area contributed by atoms with Crippen LogP contribution in [0.25, 0.3) is 11.3 Å². The lowest BCUT2D eigenvalue weighted by Gasteiger charge is -2.00. The highest BCUT2D eigenvalue weighted by molar-refractivity contribution is 7.89. The first-order valence-electron chi connectivity index (χ1n) is 8.30. The molecule has 2 N–H and O–H groups in total. The second kappa shape index (κ2) is 9.04. The summed E-state index contributed by atoms with van der Waals surface area (Å²) in [6, 6.07) is 7.27. The predicted molar refractivity (Wildman–Crippen MR) is 113 cm³/mol. The van der Waals surface area contributed by atoms with Gasteiger partial charge in [0.25, 0.3) is 10.0 Å². The Morgan fingerprint density at radius 2 is 1.55 bits per heavy atom. The number of imidazole rings is 2. The molecule has 4 rings (SSSR count). The Bertz CT molecular complexity index is 1250.